The number of amides is 1. The first-order chi connectivity index (χ1) is 14.9. The summed E-state index contributed by atoms with van der Waals surface area (Å²) in [6, 6.07) is 10.7. The quantitative estimate of drug-likeness (QED) is 0.685. The predicted molar refractivity (Wildman–Crippen MR) is 117 cm³/mol. The van der Waals surface area contributed by atoms with Gasteiger partial charge in [0.15, 0.2) is 11.5 Å². The Morgan fingerprint density at radius 2 is 1.74 bits per heavy atom. The van der Waals surface area contributed by atoms with Crippen molar-refractivity contribution in [3.63, 3.8) is 0 Å². The van der Waals surface area contributed by atoms with E-state index in [1.807, 2.05) is 31.2 Å². The van der Waals surface area contributed by atoms with Gasteiger partial charge in [-0.2, -0.15) is 0 Å². The zero-order valence-electron chi connectivity index (χ0n) is 17.6. The van der Waals surface area contributed by atoms with E-state index < -0.39 is 10.0 Å². The van der Waals surface area contributed by atoms with Gasteiger partial charge in [0, 0.05) is 13.0 Å². The fourth-order valence-electron chi connectivity index (χ4n) is 3.99. The SMILES string of the molecule is CC(NC(=O)CCNS(=O)(=O)c1ccc2c(c1)CCCC2)c1ccc2c(c1)OCCO2. The Hall–Kier alpha value is -2.58. The van der Waals surface area contributed by atoms with Crippen molar-refractivity contribution >= 4 is 15.9 Å². The van der Waals surface area contributed by atoms with Gasteiger partial charge in [0.25, 0.3) is 0 Å². The molecule has 1 heterocycles. The van der Waals surface area contributed by atoms with Crippen LogP contribution in [0.3, 0.4) is 0 Å². The standard InChI is InChI=1S/C23H28N2O5S/c1-16(18-7-9-21-22(15-18)30-13-12-29-21)25-23(26)10-11-24-31(27,28)20-8-6-17-4-2-3-5-19(17)14-20/h6-9,14-16,24H,2-5,10-13H2,1H3,(H,25,26). The third-order valence-electron chi connectivity index (χ3n) is 5.72. The van der Waals surface area contributed by atoms with Crippen LogP contribution in [0.4, 0.5) is 0 Å². The molecule has 0 saturated heterocycles. The van der Waals surface area contributed by atoms with Crippen LogP contribution in [0.25, 0.3) is 0 Å². The first-order valence-electron chi connectivity index (χ1n) is 10.7. The minimum atomic E-state index is -3.64. The molecule has 1 aliphatic carbocycles. The molecule has 4 rings (SSSR count). The summed E-state index contributed by atoms with van der Waals surface area (Å²) < 4.78 is 38.9. The van der Waals surface area contributed by atoms with Crippen LogP contribution in [0.15, 0.2) is 41.3 Å². The highest BCUT2D eigenvalue weighted by Gasteiger charge is 2.19. The van der Waals surface area contributed by atoms with E-state index in [0.717, 1.165) is 36.8 Å². The number of carbonyl (C=O) groups is 1. The monoisotopic (exact) mass is 444 g/mol. The summed E-state index contributed by atoms with van der Waals surface area (Å²) in [5, 5.41) is 2.90. The Morgan fingerprint density at radius 1 is 1.00 bits per heavy atom. The van der Waals surface area contributed by atoms with E-state index >= 15 is 0 Å². The predicted octanol–water partition coefficient (Wildman–Crippen LogP) is 2.88. The van der Waals surface area contributed by atoms with Gasteiger partial charge in [0.05, 0.1) is 10.9 Å². The first kappa shape index (κ1) is 21.6. The van der Waals surface area contributed by atoms with Gasteiger partial charge < -0.3 is 14.8 Å². The number of benzene rings is 2. The van der Waals surface area contributed by atoms with Gasteiger partial charge in [-0.05, 0) is 73.6 Å². The molecular formula is C23H28N2O5S. The number of aryl methyl sites for hydroxylation is 2. The number of sulfonamides is 1. The number of carbonyl (C=O) groups excluding carboxylic acids is 1. The highest BCUT2D eigenvalue weighted by Crippen LogP contribution is 2.32. The van der Waals surface area contributed by atoms with E-state index in [0.29, 0.717) is 24.7 Å². The van der Waals surface area contributed by atoms with Crippen molar-refractivity contribution in [2.45, 2.75) is 50.0 Å². The maximum absolute atomic E-state index is 12.6. The Balaban J connectivity index is 1.29. The molecule has 0 saturated carbocycles. The first-order valence-corrected chi connectivity index (χ1v) is 12.2. The topological polar surface area (TPSA) is 93.7 Å². The Kier molecular flexibility index (Phi) is 6.48. The number of fused-ring (bicyclic) bond motifs is 2. The van der Waals surface area contributed by atoms with Gasteiger partial charge in [-0.1, -0.05) is 12.1 Å². The van der Waals surface area contributed by atoms with Crippen LogP contribution in [0.5, 0.6) is 11.5 Å². The van der Waals surface area contributed by atoms with E-state index in [1.54, 1.807) is 12.1 Å². The third-order valence-corrected chi connectivity index (χ3v) is 7.18. The van der Waals surface area contributed by atoms with Crippen LogP contribution < -0.4 is 19.5 Å². The highest BCUT2D eigenvalue weighted by atomic mass is 32.2. The summed E-state index contributed by atoms with van der Waals surface area (Å²) in [6.45, 7) is 2.95. The van der Waals surface area contributed by atoms with E-state index in [-0.39, 0.29) is 29.8 Å². The average Bonchev–Trinajstić information content (AvgIpc) is 2.78. The number of rotatable bonds is 7. The molecule has 0 radical (unpaired) electrons. The minimum absolute atomic E-state index is 0.0408. The average molecular weight is 445 g/mol. The van der Waals surface area contributed by atoms with Crippen molar-refractivity contribution in [3.8, 4) is 11.5 Å². The molecule has 0 fully saturated rings. The number of hydrogen-bond donors (Lipinski definition) is 2. The third kappa shape index (κ3) is 5.19. The van der Waals surface area contributed by atoms with Crippen LogP contribution >= 0.6 is 0 Å². The van der Waals surface area contributed by atoms with Gasteiger partial charge in [0.1, 0.15) is 13.2 Å². The second-order valence-corrected chi connectivity index (χ2v) is 9.74. The van der Waals surface area contributed by atoms with Crippen LogP contribution in [-0.4, -0.2) is 34.1 Å². The van der Waals surface area contributed by atoms with E-state index in [4.69, 9.17) is 9.47 Å². The maximum atomic E-state index is 12.6. The molecule has 2 aromatic rings. The molecule has 166 valence electrons. The molecule has 31 heavy (non-hydrogen) atoms. The fourth-order valence-corrected chi connectivity index (χ4v) is 5.07. The molecule has 7 nitrogen and oxygen atoms in total. The van der Waals surface area contributed by atoms with Gasteiger partial charge in [0.2, 0.25) is 15.9 Å². The molecule has 0 aromatic heterocycles. The van der Waals surface area contributed by atoms with Crippen molar-refractivity contribution in [1.29, 1.82) is 0 Å². The second kappa shape index (κ2) is 9.28. The van der Waals surface area contributed by atoms with E-state index in [2.05, 4.69) is 10.0 Å². The lowest BCUT2D eigenvalue weighted by Crippen LogP contribution is -2.32. The molecule has 0 spiro atoms. The molecular weight excluding hydrogens is 416 g/mol. The van der Waals surface area contributed by atoms with Crippen molar-refractivity contribution in [2.75, 3.05) is 19.8 Å². The molecule has 1 amide bonds. The van der Waals surface area contributed by atoms with E-state index in [9.17, 15) is 13.2 Å². The van der Waals surface area contributed by atoms with Crippen molar-refractivity contribution in [2.24, 2.45) is 0 Å². The molecule has 2 aromatic carbocycles. The normalized spacial score (nSPS) is 16.3. The molecule has 1 unspecified atom stereocenters. The van der Waals surface area contributed by atoms with Crippen LogP contribution in [0, 0.1) is 0 Å². The van der Waals surface area contributed by atoms with Crippen molar-refractivity contribution in [1.82, 2.24) is 10.0 Å². The van der Waals surface area contributed by atoms with Gasteiger partial charge >= 0.3 is 0 Å². The lowest BCUT2D eigenvalue weighted by Gasteiger charge is -2.21. The smallest absolute Gasteiger partial charge is 0.240 e. The molecule has 1 atom stereocenters. The maximum Gasteiger partial charge on any atom is 0.240 e. The Morgan fingerprint density at radius 3 is 2.55 bits per heavy atom. The van der Waals surface area contributed by atoms with Crippen LogP contribution in [0.2, 0.25) is 0 Å². The summed E-state index contributed by atoms with van der Waals surface area (Å²) in [7, 11) is -3.64. The molecule has 2 aliphatic rings. The highest BCUT2D eigenvalue weighted by molar-refractivity contribution is 7.89. The lowest BCUT2D eigenvalue weighted by atomic mass is 9.92. The van der Waals surface area contributed by atoms with Crippen LogP contribution in [-0.2, 0) is 27.7 Å². The largest absolute Gasteiger partial charge is 0.486 e. The van der Waals surface area contributed by atoms with Crippen molar-refractivity contribution in [3.05, 3.63) is 53.1 Å². The zero-order chi connectivity index (χ0) is 21.8. The molecule has 0 bridgehead atoms. The minimum Gasteiger partial charge on any atom is -0.486 e. The Labute approximate surface area is 183 Å². The van der Waals surface area contributed by atoms with Gasteiger partial charge in [-0.3, -0.25) is 4.79 Å². The fraction of sp³-hybridized carbons (Fsp3) is 0.435. The second-order valence-electron chi connectivity index (χ2n) is 7.98. The van der Waals surface area contributed by atoms with Gasteiger partial charge in [-0.25, -0.2) is 13.1 Å². The molecule has 2 N–H and O–H groups in total. The summed E-state index contributed by atoms with van der Waals surface area (Å²) >= 11 is 0. The zero-order valence-corrected chi connectivity index (χ0v) is 18.5. The number of ether oxygens (including phenoxy) is 2. The summed E-state index contributed by atoms with van der Waals surface area (Å²) in [5.41, 5.74) is 3.24. The summed E-state index contributed by atoms with van der Waals surface area (Å²) in [6.07, 6.45) is 4.21. The summed E-state index contributed by atoms with van der Waals surface area (Å²) in [5.74, 6) is 1.14. The lowest BCUT2D eigenvalue weighted by molar-refractivity contribution is -0.121. The summed E-state index contributed by atoms with van der Waals surface area (Å²) in [4.78, 5) is 12.6. The van der Waals surface area contributed by atoms with Gasteiger partial charge in [-0.15, -0.1) is 0 Å². The molecule has 1 aliphatic heterocycles. The van der Waals surface area contributed by atoms with Crippen LogP contribution in [0.1, 0.15) is 48.9 Å². The Bertz CT molecular complexity index is 1070. The molecule has 8 heteroatoms. The van der Waals surface area contributed by atoms with Crippen molar-refractivity contribution < 1.29 is 22.7 Å². The number of hydrogen-bond acceptors (Lipinski definition) is 5. The van der Waals surface area contributed by atoms with E-state index in [1.165, 1.54) is 5.56 Å². The number of nitrogens with one attached hydrogen (secondary N) is 2.